The van der Waals surface area contributed by atoms with Gasteiger partial charge in [0, 0.05) is 23.9 Å². The number of hydrogen-bond acceptors (Lipinski definition) is 3. The maximum Gasteiger partial charge on any atom is 0.416 e. The number of amides is 2. The molecule has 1 aliphatic rings. The minimum Gasteiger partial charge on any atom is -0.490 e. The minimum absolute atomic E-state index is 0.0553. The normalized spacial score (nSPS) is 15.9. The van der Waals surface area contributed by atoms with Gasteiger partial charge in [-0.2, -0.15) is 13.2 Å². The second kappa shape index (κ2) is 7.42. The highest BCUT2D eigenvalue weighted by Gasteiger charge is 2.37. The smallest absolute Gasteiger partial charge is 0.416 e. The average Bonchev–Trinajstić information content (AvgIpc) is 2.76. The largest absolute Gasteiger partial charge is 0.490 e. The van der Waals surface area contributed by atoms with Crippen LogP contribution in [0.2, 0.25) is 0 Å². The Balaban J connectivity index is 1.82. The number of halogens is 3. The van der Waals surface area contributed by atoms with Gasteiger partial charge in [-0.3, -0.25) is 9.59 Å². The van der Waals surface area contributed by atoms with Crippen molar-refractivity contribution >= 4 is 23.2 Å². The van der Waals surface area contributed by atoms with Gasteiger partial charge in [-0.05, 0) is 57.2 Å². The Bertz CT molecular complexity index is 937. The van der Waals surface area contributed by atoms with E-state index in [1.54, 1.807) is 36.9 Å². The van der Waals surface area contributed by atoms with Crippen molar-refractivity contribution < 1.29 is 27.5 Å². The van der Waals surface area contributed by atoms with Crippen LogP contribution in [-0.2, 0) is 11.0 Å². The average molecular weight is 406 g/mol. The van der Waals surface area contributed by atoms with Gasteiger partial charge < -0.3 is 15.0 Å². The summed E-state index contributed by atoms with van der Waals surface area (Å²) in [7, 11) is 0. The SMILES string of the molecule is CCN1C(=O)C(C)(C)COc2cc(NC(=O)c3ccc(C(F)(F)F)cc3)ccc21. The number of hydrogen-bond donors (Lipinski definition) is 1. The molecule has 0 spiro atoms. The van der Waals surface area contributed by atoms with E-state index in [-0.39, 0.29) is 18.1 Å². The number of nitrogens with zero attached hydrogens (tertiary/aromatic N) is 1. The van der Waals surface area contributed by atoms with Crippen molar-refractivity contribution in [3.63, 3.8) is 0 Å². The molecule has 0 aliphatic carbocycles. The number of carbonyl (C=O) groups excluding carboxylic acids is 2. The van der Waals surface area contributed by atoms with Gasteiger partial charge in [0.15, 0.2) is 0 Å². The number of anilines is 2. The molecule has 1 N–H and O–H groups in total. The molecule has 2 amide bonds. The van der Waals surface area contributed by atoms with E-state index < -0.39 is 23.1 Å². The van der Waals surface area contributed by atoms with Gasteiger partial charge in [0.05, 0.1) is 16.7 Å². The van der Waals surface area contributed by atoms with Crippen LogP contribution in [0.25, 0.3) is 0 Å². The fraction of sp³-hybridized carbons (Fsp3) is 0.333. The van der Waals surface area contributed by atoms with Crippen molar-refractivity contribution in [1.82, 2.24) is 0 Å². The summed E-state index contributed by atoms with van der Waals surface area (Å²) in [5.41, 5.74) is -0.397. The van der Waals surface area contributed by atoms with Crippen LogP contribution in [0.1, 0.15) is 36.7 Å². The van der Waals surface area contributed by atoms with Crippen LogP contribution in [0.3, 0.4) is 0 Å². The third kappa shape index (κ3) is 4.21. The van der Waals surface area contributed by atoms with Crippen molar-refractivity contribution in [3.05, 3.63) is 53.6 Å². The molecule has 154 valence electrons. The van der Waals surface area contributed by atoms with Gasteiger partial charge in [0.25, 0.3) is 5.91 Å². The van der Waals surface area contributed by atoms with Gasteiger partial charge in [-0.1, -0.05) is 0 Å². The molecule has 0 atom stereocenters. The molecule has 29 heavy (non-hydrogen) atoms. The minimum atomic E-state index is -4.46. The molecule has 8 heteroatoms. The van der Waals surface area contributed by atoms with E-state index in [1.807, 2.05) is 6.92 Å². The lowest BCUT2D eigenvalue weighted by Crippen LogP contribution is -2.42. The maximum atomic E-state index is 12.7. The second-order valence-corrected chi connectivity index (χ2v) is 7.43. The van der Waals surface area contributed by atoms with Gasteiger partial charge in [-0.15, -0.1) is 0 Å². The number of nitrogens with one attached hydrogen (secondary N) is 1. The Morgan fingerprint density at radius 2 is 1.83 bits per heavy atom. The molecule has 2 aromatic rings. The summed E-state index contributed by atoms with van der Waals surface area (Å²) >= 11 is 0. The topological polar surface area (TPSA) is 58.6 Å². The Labute approximate surface area is 166 Å². The quantitative estimate of drug-likeness (QED) is 0.802. The molecule has 0 fully saturated rings. The fourth-order valence-electron chi connectivity index (χ4n) is 3.05. The summed E-state index contributed by atoms with van der Waals surface area (Å²) in [5.74, 6) is -0.146. The number of benzene rings is 2. The van der Waals surface area contributed by atoms with E-state index in [1.165, 1.54) is 0 Å². The molecule has 0 saturated carbocycles. The third-order valence-corrected chi connectivity index (χ3v) is 4.71. The Morgan fingerprint density at radius 3 is 2.41 bits per heavy atom. The molecular weight excluding hydrogens is 385 g/mol. The zero-order valence-corrected chi connectivity index (χ0v) is 16.3. The standard InChI is InChI=1S/C21H21F3N2O3/c1-4-26-16-10-9-15(11-17(16)29-12-20(2,3)19(26)28)25-18(27)13-5-7-14(8-6-13)21(22,23)24/h5-11H,4,12H2,1-3H3,(H,25,27). The zero-order valence-electron chi connectivity index (χ0n) is 16.3. The van der Waals surface area contributed by atoms with E-state index in [9.17, 15) is 22.8 Å². The fourth-order valence-corrected chi connectivity index (χ4v) is 3.05. The molecule has 1 aliphatic heterocycles. The van der Waals surface area contributed by atoms with Gasteiger partial charge in [0.2, 0.25) is 5.91 Å². The summed E-state index contributed by atoms with van der Waals surface area (Å²) < 4.78 is 43.8. The number of ether oxygens (including phenoxy) is 1. The van der Waals surface area contributed by atoms with E-state index in [2.05, 4.69) is 5.32 Å². The van der Waals surface area contributed by atoms with Crippen molar-refractivity contribution in [2.75, 3.05) is 23.4 Å². The monoisotopic (exact) mass is 406 g/mol. The summed E-state index contributed by atoms with van der Waals surface area (Å²) in [6, 6.07) is 8.88. The highest BCUT2D eigenvalue weighted by Crippen LogP contribution is 2.38. The third-order valence-electron chi connectivity index (χ3n) is 4.71. The molecule has 2 aromatic carbocycles. The molecule has 0 aromatic heterocycles. The lowest BCUT2D eigenvalue weighted by atomic mass is 9.93. The first-order chi connectivity index (χ1) is 13.5. The first kappa shape index (κ1) is 20.7. The van der Waals surface area contributed by atoms with Crippen LogP contribution in [0.4, 0.5) is 24.5 Å². The Hall–Kier alpha value is -3.03. The van der Waals surface area contributed by atoms with E-state index in [4.69, 9.17) is 4.74 Å². The van der Waals surface area contributed by atoms with Crippen molar-refractivity contribution in [1.29, 1.82) is 0 Å². The highest BCUT2D eigenvalue weighted by molar-refractivity contribution is 6.05. The van der Waals surface area contributed by atoms with Crippen LogP contribution < -0.4 is 15.0 Å². The van der Waals surface area contributed by atoms with Crippen LogP contribution in [0, 0.1) is 5.41 Å². The first-order valence-corrected chi connectivity index (χ1v) is 9.10. The number of carbonyl (C=O) groups is 2. The summed E-state index contributed by atoms with van der Waals surface area (Å²) in [6.45, 7) is 6.12. The molecule has 0 radical (unpaired) electrons. The van der Waals surface area contributed by atoms with Crippen molar-refractivity contribution in [2.24, 2.45) is 5.41 Å². The van der Waals surface area contributed by atoms with Crippen molar-refractivity contribution in [2.45, 2.75) is 26.9 Å². The molecule has 5 nitrogen and oxygen atoms in total. The molecular formula is C21H21F3N2O3. The van der Waals surface area contributed by atoms with Gasteiger partial charge >= 0.3 is 6.18 Å². The Kier molecular flexibility index (Phi) is 5.30. The summed E-state index contributed by atoms with van der Waals surface area (Å²) in [5, 5.41) is 2.65. The molecule has 0 saturated heterocycles. The van der Waals surface area contributed by atoms with Crippen molar-refractivity contribution in [3.8, 4) is 5.75 Å². The molecule has 0 bridgehead atoms. The molecule has 3 rings (SSSR count). The van der Waals surface area contributed by atoms with Crippen LogP contribution in [0.5, 0.6) is 5.75 Å². The maximum absolute atomic E-state index is 12.7. The predicted octanol–water partition coefficient (Wildman–Crippen LogP) is 4.73. The lowest BCUT2D eigenvalue weighted by molar-refractivity contribution is -0.137. The number of rotatable bonds is 3. The highest BCUT2D eigenvalue weighted by atomic mass is 19.4. The number of alkyl halides is 3. The zero-order chi connectivity index (χ0) is 21.4. The Morgan fingerprint density at radius 1 is 1.17 bits per heavy atom. The molecule has 1 heterocycles. The molecule has 0 unspecified atom stereocenters. The summed E-state index contributed by atoms with van der Waals surface area (Å²) in [4.78, 5) is 26.7. The second-order valence-electron chi connectivity index (χ2n) is 7.43. The number of fused-ring (bicyclic) bond motifs is 1. The van der Waals surface area contributed by atoms with E-state index >= 15 is 0 Å². The van der Waals surface area contributed by atoms with Crippen LogP contribution in [-0.4, -0.2) is 25.0 Å². The lowest BCUT2D eigenvalue weighted by Gasteiger charge is -2.26. The first-order valence-electron chi connectivity index (χ1n) is 9.10. The van der Waals surface area contributed by atoms with E-state index in [0.717, 1.165) is 24.3 Å². The van der Waals surface area contributed by atoms with Gasteiger partial charge in [-0.25, -0.2) is 0 Å². The van der Waals surface area contributed by atoms with Crippen LogP contribution >= 0.6 is 0 Å². The van der Waals surface area contributed by atoms with Crippen LogP contribution in [0.15, 0.2) is 42.5 Å². The summed E-state index contributed by atoms with van der Waals surface area (Å²) in [6.07, 6.45) is -4.46. The predicted molar refractivity (Wildman–Crippen MR) is 103 cm³/mol. The van der Waals surface area contributed by atoms with Gasteiger partial charge in [0.1, 0.15) is 12.4 Å². The van der Waals surface area contributed by atoms with E-state index in [0.29, 0.717) is 23.7 Å².